The minimum Gasteiger partial charge on any atom is -0.545 e. The van der Waals surface area contributed by atoms with Crippen molar-refractivity contribution in [3.05, 3.63) is 94.8 Å². The Kier molecular flexibility index (Phi) is 7.05. The van der Waals surface area contributed by atoms with Gasteiger partial charge in [0.1, 0.15) is 18.2 Å². The number of carbonyl (C=O) groups excluding carboxylic acids is 1. The van der Waals surface area contributed by atoms with Crippen LogP contribution in [0, 0.1) is 19.7 Å². The summed E-state index contributed by atoms with van der Waals surface area (Å²) in [6.45, 7) is 4.08. The molecular weight excluding hydrogens is 460 g/mol. The van der Waals surface area contributed by atoms with Gasteiger partial charge in [0, 0.05) is 10.3 Å². The van der Waals surface area contributed by atoms with Gasteiger partial charge in [0.25, 0.3) is 0 Å². The zero-order chi connectivity index (χ0) is 23.1. The van der Waals surface area contributed by atoms with Crippen LogP contribution < -0.4 is 39.4 Å². The van der Waals surface area contributed by atoms with Gasteiger partial charge >= 0.3 is 29.6 Å². The Morgan fingerprint density at radius 1 is 1.06 bits per heavy atom. The number of carbonyl (C=O) groups is 1. The molecule has 0 aliphatic rings. The SMILES string of the molecule is Cc1c(-c2cc(C(=O)[O-])c3c(OCc4ccc(F)cc4)ccc(C)c3n2)sc2ccccc12.[Na+]. The van der Waals surface area contributed by atoms with Crippen molar-refractivity contribution in [1.29, 1.82) is 0 Å². The second kappa shape index (κ2) is 9.84. The molecule has 5 aromatic rings. The number of carboxylic acids is 1. The Labute approximate surface area is 222 Å². The first-order valence-electron chi connectivity index (χ1n) is 10.4. The van der Waals surface area contributed by atoms with E-state index in [0.29, 0.717) is 22.3 Å². The molecule has 0 aliphatic carbocycles. The van der Waals surface area contributed by atoms with E-state index >= 15 is 0 Å². The van der Waals surface area contributed by atoms with E-state index in [1.807, 2.05) is 38.1 Å². The minimum atomic E-state index is -1.29. The fourth-order valence-electron chi connectivity index (χ4n) is 4.00. The molecule has 0 atom stereocenters. The summed E-state index contributed by atoms with van der Waals surface area (Å²) in [6.07, 6.45) is 0. The number of carboxylic acid groups (broad SMARTS) is 1. The molecule has 0 aliphatic heterocycles. The van der Waals surface area contributed by atoms with Crippen LogP contribution in [0.5, 0.6) is 5.75 Å². The van der Waals surface area contributed by atoms with Gasteiger partial charge < -0.3 is 14.6 Å². The summed E-state index contributed by atoms with van der Waals surface area (Å²) in [6, 6.07) is 19.2. The number of aromatic carboxylic acids is 1. The number of halogens is 1. The monoisotopic (exact) mass is 479 g/mol. The van der Waals surface area contributed by atoms with Crippen molar-refractivity contribution in [3.8, 4) is 16.3 Å². The molecule has 0 bridgehead atoms. The molecule has 0 radical (unpaired) electrons. The summed E-state index contributed by atoms with van der Waals surface area (Å²) in [5, 5.41) is 13.7. The molecule has 3 aromatic carbocycles. The van der Waals surface area contributed by atoms with E-state index in [-0.39, 0.29) is 47.5 Å². The molecule has 4 nitrogen and oxygen atoms in total. The van der Waals surface area contributed by atoms with Crippen LogP contribution in [-0.2, 0) is 6.61 Å². The first-order valence-corrected chi connectivity index (χ1v) is 11.3. The molecule has 7 heteroatoms. The Bertz CT molecular complexity index is 1530. The molecule has 0 saturated carbocycles. The van der Waals surface area contributed by atoms with Crippen molar-refractivity contribution in [2.24, 2.45) is 0 Å². The van der Waals surface area contributed by atoms with E-state index in [2.05, 4.69) is 6.07 Å². The Morgan fingerprint density at radius 3 is 2.50 bits per heavy atom. The first-order chi connectivity index (χ1) is 15.9. The van der Waals surface area contributed by atoms with Crippen LogP contribution in [0.25, 0.3) is 31.6 Å². The Balaban J connectivity index is 0.00000274. The van der Waals surface area contributed by atoms with Gasteiger partial charge in [0.2, 0.25) is 0 Å². The average molecular weight is 480 g/mol. The summed E-state index contributed by atoms with van der Waals surface area (Å²) in [4.78, 5) is 18.0. The van der Waals surface area contributed by atoms with E-state index in [9.17, 15) is 14.3 Å². The average Bonchev–Trinajstić information content (AvgIpc) is 3.16. The maximum absolute atomic E-state index is 13.2. The van der Waals surface area contributed by atoms with Gasteiger partial charge in [-0.1, -0.05) is 36.4 Å². The predicted molar refractivity (Wildman–Crippen MR) is 127 cm³/mol. The number of aromatic nitrogens is 1. The number of hydrogen-bond acceptors (Lipinski definition) is 5. The summed E-state index contributed by atoms with van der Waals surface area (Å²) < 4.78 is 20.3. The third-order valence-electron chi connectivity index (χ3n) is 5.73. The number of benzene rings is 3. The van der Waals surface area contributed by atoms with E-state index in [1.54, 1.807) is 35.6 Å². The molecule has 2 aromatic heterocycles. The number of hydrogen-bond donors (Lipinski definition) is 0. The van der Waals surface area contributed by atoms with Gasteiger partial charge in [-0.15, -0.1) is 11.3 Å². The largest absolute Gasteiger partial charge is 1.00 e. The second-order valence-electron chi connectivity index (χ2n) is 7.91. The van der Waals surface area contributed by atoms with Crippen molar-refractivity contribution in [3.63, 3.8) is 0 Å². The molecule has 0 spiro atoms. The van der Waals surface area contributed by atoms with Crippen molar-refractivity contribution in [1.82, 2.24) is 4.98 Å². The predicted octanol–water partition coefficient (Wildman–Crippen LogP) is 2.82. The van der Waals surface area contributed by atoms with Crippen LogP contribution in [0.2, 0.25) is 0 Å². The third-order valence-corrected chi connectivity index (χ3v) is 7.02. The van der Waals surface area contributed by atoms with E-state index < -0.39 is 5.97 Å². The zero-order valence-electron chi connectivity index (χ0n) is 19.0. The third kappa shape index (κ3) is 4.46. The molecule has 5 rings (SSSR count). The number of rotatable bonds is 5. The van der Waals surface area contributed by atoms with Crippen molar-refractivity contribution >= 4 is 38.3 Å². The number of nitrogens with zero attached hydrogens (tertiary/aromatic N) is 1. The molecule has 0 fully saturated rings. The molecule has 0 unspecified atom stereocenters. The fraction of sp³-hybridized carbons (Fsp3) is 0.111. The topological polar surface area (TPSA) is 62.2 Å². The van der Waals surface area contributed by atoms with Gasteiger partial charge in [-0.05, 0) is 66.3 Å². The van der Waals surface area contributed by atoms with E-state index in [4.69, 9.17) is 9.72 Å². The van der Waals surface area contributed by atoms with Crippen molar-refractivity contribution in [2.45, 2.75) is 20.5 Å². The normalized spacial score (nSPS) is 10.9. The molecule has 0 saturated heterocycles. The van der Waals surface area contributed by atoms with Crippen LogP contribution in [-0.4, -0.2) is 11.0 Å². The van der Waals surface area contributed by atoms with Gasteiger partial charge in [-0.25, -0.2) is 9.37 Å². The Morgan fingerprint density at radius 2 is 1.79 bits per heavy atom. The number of aryl methyl sites for hydroxylation is 2. The fourth-order valence-corrected chi connectivity index (χ4v) is 5.17. The van der Waals surface area contributed by atoms with Gasteiger partial charge in [-0.3, -0.25) is 0 Å². The van der Waals surface area contributed by atoms with Crippen molar-refractivity contribution < 1.29 is 48.6 Å². The maximum Gasteiger partial charge on any atom is 1.00 e. The summed E-state index contributed by atoms with van der Waals surface area (Å²) >= 11 is 1.59. The number of fused-ring (bicyclic) bond motifs is 2. The van der Waals surface area contributed by atoms with E-state index in [1.165, 1.54) is 12.1 Å². The van der Waals surface area contributed by atoms with Gasteiger partial charge in [0.15, 0.2) is 0 Å². The maximum atomic E-state index is 13.2. The molecule has 0 N–H and O–H groups in total. The number of ether oxygens (including phenoxy) is 1. The number of pyridine rings is 1. The summed E-state index contributed by atoms with van der Waals surface area (Å²) in [7, 11) is 0. The molecule has 0 amide bonds. The zero-order valence-corrected chi connectivity index (χ0v) is 21.8. The summed E-state index contributed by atoms with van der Waals surface area (Å²) in [5.41, 5.74) is 3.85. The van der Waals surface area contributed by atoms with Crippen LogP contribution in [0.15, 0.2) is 66.7 Å². The van der Waals surface area contributed by atoms with Crippen LogP contribution in [0.4, 0.5) is 4.39 Å². The standard InChI is InChI=1S/C27H20FNO3S.Na/c1-15-7-12-22(32-14-17-8-10-18(28)11-9-17)24-20(27(30)31)13-21(29-25(15)24)26-16(2)19-5-3-4-6-23(19)33-26;/h3-13H,14H2,1-2H3,(H,30,31);/q;+1/p-1. The molecule has 34 heavy (non-hydrogen) atoms. The first kappa shape index (κ1) is 24.4. The quantitative estimate of drug-likeness (QED) is 0.364. The van der Waals surface area contributed by atoms with Gasteiger partial charge in [0.05, 0.1) is 27.4 Å². The summed E-state index contributed by atoms with van der Waals surface area (Å²) in [5.74, 6) is -1.22. The second-order valence-corrected chi connectivity index (χ2v) is 8.97. The van der Waals surface area contributed by atoms with Gasteiger partial charge in [-0.2, -0.15) is 0 Å². The van der Waals surface area contributed by atoms with Crippen molar-refractivity contribution in [2.75, 3.05) is 0 Å². The number of thiophene rings is 1. The smallest absolute Gasteiger partial charge is 0.545 e. The van der Waals surface area contributed by atoms with Crippen LogP contribution >= 0.6 is 11.3 Å². The molecular formula is C27H19FNNaO3S. The minimum absolute atomic E-state index is 0. The molecule has 164 valence electrons. The van der Waals surface area contributed by atoms with Crippen LogP contribution in [0.1, 0.15) is 27.0 Å². The molecule has 2 heterocycles. The van der Waals surface area contributed by atoms with Crippen LogP contribution in [0.3, 0.4) is 0 Å². The van der Waals surface area contributed by atoms with E-state index in [0.717, 1.165) is 31.7 Å². The Hall–Kier alpha value is -2.77.